The Labute approximate surface area is 178 Å². The summed E-state index contributed by atoms with van der Waals surface area (Å²) < 4.78 is 35.5. The number of hydrogen-bond donors (Lipinski definition) is 0. The largest absolute Gasteiger partial charge is 0.356 e. The maximum absolute atomic E-state index is 13.9. The molecule has 0 saturated carbocycles. The molecule has 0 radical (unpaired) electrons. The van der Waals surface area contributed by atoms with E-state index in [1.54, 1.807) is 18.3 Å². The van der Waals surface area contributed by atoms with Crippen molar-refractivity contribution in [3.63, 3.8) is 0 Å². The minimum atomic E-state index is -0.825. The van der Waals surface area contributed by atoms with Crippen molar-refractivity contribution in [1.29, 1.82) is 0 Å². The third-order valence-electron chi connectivity index (χ3n) is 7.15. The van der Waals surface area contributed by atoms with Crippen LogP contribution in [0.4, 0.5) is 14.6 Å². The highest BCUT2D eigenvalue weighted by Gasteiger charge is 2.58. The highest BCUT2D eigenvalue weighted by atomic mass is 19.1. The van der Waals surface area contributed by atoms with Gasteiger partial charge in [0.25, 0.3) is 5.91 Å². The van der Waals surface area contributed by atoms with Crippen LogP contribution in [0.2, 0.25) is 0 Å². The van der Waals surface area contributed by atoms with Gasteiger partial charge in [0.1, 0.15) is 17.9 Å². The van der Waals surface area contributed by atoms with Gasteiger partial charge in [-0.05, 0) is 37.5 Å². The van der Waals surface area contributed by atoms with Crippen LogP contribution >= 0.6 is 0 Å². The molecule has 1 aliphatic carbocycles. The molecule has 1 amide bonds. The fourth-order valence-electron chi connectivity index (χ4n) is 5.62. The number of anilines is 1. The lowest BCUT2D eigenvalue weighted by Crippen LogP contribution is -2.52. The number of piperidine rings is 1. The van der Waals surface area contributed by atoms with Gasteiger partial charge in [0.15, 0.2) is 17.1 Å². The second-order valence-corrected chi connectivity index (χ2v) is 8.80. The van der Waals surface area contributed by atoms with Gasteiger partial charge in [-0.3, -0.25) is 4.79 Å². The monoisotopic (exact) mass is 427 g/mol. The van der Waals surface area contributed by atoms with Crippen molar-refractivity contribution in [2.75, 3.05) is 18.0 Å². The molecule has 3 fully saturated rings. The molecule has 3 saturated heterocycles. The molecule has 0 aromatic carbocycles. The average Bonchev–Trinajstić information content (AvgIpc) is 3.44. The summed E-state index contributed by atoms with van der Waals surface area (Å²) in [5.74, 6) is 0.0983. The van der Waals surface area contributed by atoms with Gasteiger partial charge < -0.3 is 14.5 Å². The first-order chi connectivity index (χ1) is 15.1. The van der Waals surface area contributed by atoms with E-state index in [0.29, 0.717) is 25.9 Å². The molecule has 9 heteroatoms. The Morgan fingerprint density at radius 3 is 2.84 bits per heavy atom. The Morgan fingerprint density at radius 2 is 2.03 bits per heavy atom. The van der Waals surface area contributed by atoms with Crippen LogP contribution in [-0.4, -0.2) is 56.4 Å². The molecule has 0 N–H and O–H groups in total. The van der Waals surface area contributed by atoms with E-state index in [1.165, 1.54) is 10.6 Å². The van der Waals surface area contributed by atoms with Crippen LogP contribution in [0.5, 0.6) is 0 Å². The minimum Gasteiger partial charge on any atom is -0.356 e. The van der Waals surface area contributed by atoms with Gasteiger partial charge in [-0.15, -0.1) is 0 Å². The fraction of sp³-hybridized carbons (Fsp3) is 0.500. The number of halogens is 2. The van der Waals surface area contributed by atoms with Gasteiger partial charge in [-0.25, -0.2) is 13.8 Å². The molecule has 2 aromatic heterocycles. The molecular weight excluding hydrogens is 404 g/mol. The van der Waals surface area contributed by atoms with E-state index in [-0.39, 0.29) is 35.6 Å². The molecule has 6 rings (SSSR count). The van der Waals surface area contributed by atoms with E-state index in [1.807, 2.05) is 11.0 Å². The van der Waals surface area contributed by atoms with Crippen molar-refractivity contribution < 1.29 is 18.3 Å². The van der Waals surface area contributed by atoms with Crippen LogP contribution in [0, 0.1) is 11.7 Å². The standard InChI is InChI=1S/C22H23F2N5O2/c23-15-3-1-2-14(12-15)17-4-5-19-28(17)21(30)22(31-19)7-10-27(11-8-22)18-6-9-25-20-16(24)13-26-29(18)20/h1,3,6,9,12-14,17,19H,2,4-5,7-8,10-11H2/t14?,17-,19+/m0/s1. The summed E-state index contributed by atoms with van der Waals surface area (Å²) in [7, 11) is 0. The number of nitrogens with zero attached hydrogens (tertiary/aromatic N) is 5. The van der Waals surface area contributed by atoms with Crippen molar-refractivity contribution in [3.8, 4) is 0 Å². The number of hydrogen-bond acceptors (Lipinski definition) is 5. The molecule has 3 atom stereocenters. The molecule has 2 aromatic rings. The number of carbonyl (C=O) groups excluding carboxylic acids is 1. The van der Waals surface area contributed by atoms with Crippen LogP contribution in [0.25, 0.3) is 5.65 Å². The normalized spacial score (nSPS) is 29.8. The third kappa shape index (κ3) is 2.82. The summed E-state index contributed by atoms with van der Waals surface area (Å²) in [6.45, 7) is 1.19. The summed E-state index contributed by atoms with van der Waals surface area (Å²) in [5, 5.41) is 4.10. The van der Waals surface area contributed by atoms with Gasteiger partial charge in [0.05, 0.1) is 6.20 Å². The van der Waals surface area contributed by atoms with E-state index < -0.39 is 11.4 Å². The lowest BCUT2D eigenvalue weighted by molar-refractivity contribution is -0.140. The number of carbonyl (C=O) groups is 1. The van der Waals surface area contributed by atoms with E-state index in [2.05, 4.69) is 15.0 Å². The summed E-state index contributed by atoms with van der Waals surface area (Å²) >= 11 is 0. The Balaban J connectivity index is 1.21. The van der Waals surface area contributed by atoms with Gasteiger partial charge in [0, 0.05) is 44.1 Å². The van der Waals surface area contributed by atoms with Crippen LogP contribution < -0.4 is 4.90 Å². The number of aromatic nitrogens is 3. The highest BCUT2D eigenvalue weighted by molar-refractivity contribution is 5.88. The van der Waals surface area contributed by atoms with Crippen LogP contribution in [0.15, 0.2) is 42.5 Å². The second-order valence-electron chi connectivity index (χ2n) is 8.80. The van der Waals surface area contributed by atoms with Crippen LogP contribution in [-0.2, 0) is 9.53 Å². The highest BCUT2D eigenvalue weighted by Crippen LogP contribution is 2.46. The summed E-state index contributed by atoms with van der Waals surface area (Å²) in [6, 6.07) is 1.79. The topological polar surface area (TPSA) is 63.0 Å². The zero-order chi connectivity index (χ0) is 21.2. The molecule has 1 unspecified atom stereocenters. The Kier molecular flexibility index (Phi) is 4.18. The van der Waals surface area contributed by atoms with Gasteiger partial charge in [-0.1, -0.05) is 6.08 Å². The van der Waals surface area contributed by atoms with E-state index in [0.717, 1.165) is 31.3 Å². The molecule has 0 bridgehead atoms. The van der Waals surface area contributed by atoms with Crippen molar-refractivity contribution in [3.05, 3.63) is 48.3 Å². The quantitative estimate of drug-likeness (QED) is 0.738. The van der Waals surface area contributed by atoms with Crippen LogP contribution in [0.3, 0.4) is 0 Å². The predicted octanol–water partition coefficient (Wildman–Crippen LogP) is 2.98. The summed E-state index contributed by atoms with van der Waals surface area (Å²) in [6.07, 6.45) is 11.0. The molecule has 31 heavy (non-hydrogen) atoms. The van der Waals surface area contributed by atoms with Crippen molar-refractivity contribution >= 4 is 17.4 Å². The zero-order valence-corrected chi connectivity index (χ0v) is 17.0. The van der Waals surface area contributed by atoms with Crippen LogP contribution in [0.1, 0.15) is 32.1 Å². The Morgan fingerprint density at radius 1 is 1.19 bits per heavy atom. The first kappa shape index (κ1) is 18.9. The molecule has 5 heterocycles. The Bertz CT molecular complexity index is 1100. The molecule has 7 nitrogen and oxygen atoms in total. The first-order valence-corrected chi connectivity index (χ1v) is 10.8. The van der Waals surface area contributed by atoms with E-state index in [9.17, 15) is 13.6 Å². The summed E-state index contributed by atoms with van der Waals surface area (Å²) in [4.78, 5) is 21.6. The smallest absolute Gasteiger partial charge is 0.257 e. The minimum absolute atomic E-state index is 0.00222. The predicted molar refractivity (Wildman–Crippen MR) is 108 cm³/mol. The number of rotatable bonds is 2. The number of fused-ring (bicyclic) bond motifs is 2. The fourth-order valence-corrected chi connectivity index (χ4v) is 5.62. The van der Waals surface area contributed by atoms with Crippen molar-refractivity contribution in [2.45, 2.75) is 50.0 Å². The maximum Gasteiger partial charge on any atom is 0.257 e. The average molecular weight is 427 g/mol. The number of ether oxygens (including phenoxy) is 1. The first-order valence-electron chi connectivity index (χ1n) is 10.8. The third-order valence-corrected chi connectivity index (χ3v) is 7.15. The van der Waals surface area contributed by atoms with Gasteiger partial charge in [0.2, 0.25) is 0 Å². The number of amides is 1. The van der Waals surface area contributed by atoms with Gasteiger partial charge in [-0.2, -0.15) is 9.61 Å². The molecule has 4 aliphatic rings. The summed E-state index contributed by atoms with van der Waals surface area (Å²) in [5.41, 5.74) is -0.634. The maximum atomic E-state index is 13.9. The van der Waals surface area contributed by atoms with Crippen molar-refractivity contribution in [2.24, 2.45) is 5.92 Å². The molecular formula is C22H23F2N5O2. The lowest BCUT2D eigenvalue weighted by Gasteiger charge is -2.38. The molecule has 1 spiro atoms. The molecule has 3 aliphatic heterocycles. The van der Waals surface area contributed by atoms with Gasteiger partial charge >= 0.3 is 0 Å². The zero-order valence-electron chi connectivity index (χ0n) is 17.0. The second kappa shape index (κ2) is 6.85. The Hall–Kier alpha value is -2.81. The van der Waals surface area contributed by atoms with E-state index >= 15 is 0 Å². The SMILES string of the molecule is O=C1N2[C@@H](CC[C@H]2C2C=C(F)C=CC2)OC12CCN(c1ccnc3c(F)cnn13)CC2. The van der Waals surface area contributed by atoms with Crippen molar-refractivity contribution in [1.82, 2.24) is 19.5 Å². The van der Waals surface area contributed by atoms with E-state index in [4.69, 9.17) is 4.74 Å². The molecule has 162 valence electrons. The number of allylic oxidation sites excluding steroid dienone is 3. The lowest BCUT2D eigenvalue weighted by atomic mass is 9.87.